The summed E-state index contributed by atoms with van der Waals surface area (Å²) in [6.45, 7) is 0.936. The van der Waals surface area contributed by atoms with E-state index in [1.54, 1.807) is 7.11 Å². The van der Waals surface area contributed by atoms with Gasteiger partial charge in [-0.05, 0) is 37.1 Å². The van der Waals surface area contributed by atoms with Crippen molar-refractivity contribution in [2.75, 3.05) is 20.3 Å². The summed E-state index contributed by atoms with van der Waals surface area (Å²) in [4.78, 5) is 0.231. The third-order valence-electron chi connectivity index (χ3n) is 3.27. The zero-order valence-corrected chi connectivity index (χ0v) is 11.6. The molecule has 0 bridgehead atoms. The lowest BCUT2D eigenvalue weighted by molar-refractivity contribution is 0.149. The fourth-order valence-corrected chi connectivity index (χ4v) is 4.00. The zero-order valence-electron chi connectivity index (χ0n) is 10.7. The number of ether oxygens (including phenoxy) is 1. The molecule has 0 saturated carbocycles. The summed E-state index contributed by atoms with van der Waals surface area (Å²) in [5.74, 6) is 0. The number of sulfonamides is 1. The van der Waals surface area contributed by atoms with Crippen LogP contribution >= 0.6 is 0 Å². The Balaban J connectivity index is 2.28. The zero-order chi connectivity index (χ0) is 13.9. The van der Waals surface area contributed by atoms with Crippen molar-refractivity contribution in [3.63, 3.8) is 0 Å². The summed E-state index contributed by atoms with van der Waals surface area (Å²) in [5, 5.41) is 8.73. The molecule has 1 aliphatic rings. The van der Waals surface area contributed by atoms with Crippen LogP contribution in [0.1, 0.15) is 18.4 Å². The number of benzene rings is 1. The van der Waals surface area contributed by atoms with Gasteiger partial charge in [0.25, 0.3) is 0 Å². The van der Waals surface area contributed by atoms with Gasteiger partial charge in [0.15, 0.2) is 0 Å². The summed E-state index contributed by atoms with van der Waals surface area (Å²) in [5.41, 5.74) is 0.453. The molecule has 0 spiro atoms. The van der Waals surface area contributed by atoms with Crippen LogP contribution in [0.15, 0.2) is 29.2 Å². The van der Waals surface area contributed by atoms with Gasteiger partial charge in [-0.15, -0.1) is 0 Å². The van der Waals surface area contributed by atoms with E-state index in [4.69, 9.17) is 10.00 Å². The van der Waals surface area contributed by atoms with Gasteiger partial charge < -0.3 is 4.74 Å². The number of methoxy groups -OCH3 is 1. The van der Waals surface area contributed by atoms with Gasteiger partial charge in [-0.2, -0.15) is 9.57 Å². The first-order chi connectivity index (χ1) is 9.09. The maximum atomic E-state index is 12.5. The lowest BCUT2D eigenvalue weighted by Gasteiger charge is -2.23. The molecule has 1 fully saturated rings. The highest BCUT2D eigenvalue weighted by Crippen LogP contribution is 2.26. The normalized spacial score (nSPS) is 20.3. The average Bonchev–Trinajstić information content (AvgIpc) is 2.88. The molecule has 0 amide bonds. The van der Waals surface area contributed by atoms with Gasteiger partial charge in [-0.1, -0.05) is 0 Å². The molecule has 0 N–H and O–H groups in total. The number of nitrogens with zero attached hydrogens (tertiary/aromatic N) is 2. The topological polar surface area (TPSA) is 70.4 Å². The van der Waals surface area contributed by atoms with Crippen LogP contribution in [0.5, 0.6) is 0 Å². The van der Waals surface area contributed by atoms with Crippen molar-refractivity contribution < 1.29 is 13.2 Å². The van der Waals surface area contributed by atoms with Crippen molar-refractivity contribution in [3.05, 3.63) is 29.8 Å². The molecular formula is C13H16N2O3S. The molecular weight excluding hydrogens is 264 g/mol. The van der Waals surface area contributed by atoms with E-state index >= 15 is 0 Å². The van der Waals surface area contributed by atoms with Crippen LogP contribution in [-0.2, 0) is 14.8 Å². The molecule has 5 nitrogen and oxygen atoms in total. The minimum absolute atomic E-state index is 0.0920. The lowest BCUT2D eigenvalue weighted by Crippen LogP contribution is -2.38. The van der Waals surface area contributed by atoms with Gasteiger partial charge in [-0.3, -0.25) is 0 Å². The molecule has 6 heteroatoms. The SMILES string of the molecule is COCC1CCCN1S(=O)(=O)c1ccc(C#N)cc1. The summed E-state index contributed by atoms with van der Waals surface area (Å²) in [6, 6.07) is 7.89. The Morgan fingerprint density at radius 3 is 2.68 bits per heavy atom. The first kappa shape index (κ1) is 14.0. The maximum absolute atomic E-state index is 12.5. The molecule has 0 radical (unpaired) electrons. The molecule has 1 saturated heterocycles. The lowest BCUT2D eigenvalue weighted by atomic mass is 10.2. The number of nitriles is 1. The molecule has 1 aliphatic heterocycles. The summed E-state index contributed by atoms with van der Waals surface area (Å²) < 4.78 is 31.6. The van der Waals surface area contributed by atoms with Crippen LogP contribution in [-0.4, -0.2) is 39.0 Å². The predicted octanol–water partition coefficient (Wildman–Crippen LogP) is 1.36. The van der Waals surface area contributed by atoms with Crippen LogP contribution in [0.4, 0.5) is 0 Å². The maximum Gasteiger partial charge on any atom is 0.243 e. The third kappa shape index (κ3) is 2.78. The quantitative estimate of drug-likeness (QED) is 0.835. The highest BCUT2D eigenvalue weighted by molar-refractivity contribution is 7.89. The molecule has 1 aromatic carbocycles. The van der Waals surface area contributed by atoms with E-state index in [0.29, 0.717) is 18.7 Å². The van der Waals surface area contributed by atoms with E-state index < -0.39 is 10.0 Å². The Labute approximate surface area is 113 Å². The van der Waals surface area contributed by atoms with E-state index in [2.05, 4.69) is 0 Å². The van der Waals surface area contributed by atoms with Gasteiger partial charge in [0, 0.05) is 19.7 Å². The van der Waals surface area contributed by atoms with E-state index in [1.165, 1.54) is 28.6 Å². The number of hydrogen-bond donors (Lipinski definition) is 0. The van der Waals surface area contributed by atoms with Crippen LogP contribution in [0.25, 0.3) is 0 Å². The van der Waals surface area contributed by atoms with Crippen LogP contribution < -0.4 is 0 Å². The first-order valence-electron chi connectivity index (χ1n) is 6.10. The van der Waals surface area contributed by atoms with Gasteiger partial charge >= 0.3 is 0 Å². The Kier molecular flexibility index (Phi) is 4.20. The standard InChI is InChI=1S/C13H16N2O3S/c1-18-10-12-3-2-8-15(12)19(16,17)13-6-4-11(9-14)5-7-13/h4-7,12H,2-3,8,10H2,1H3. The Hall–Kier alpha value is -1.42. The van der Waals surface area contributed by atoms with Crippen molar-refractivity contribution in [3.8, 4) is 6.07 Å². The van der Waals surface area contributed by atoms with Gasteiger partial charge in [0.1, 0.15) is 0 Å². The largest absolute Gasteiger partial charge is 0.383 e. The van der Waals surface area contributed by atoms with Crippen molar-refractivity contribution in [1.29, 1.82) is 5.26 Å². The number of rotatable bonds is 4. The van der Waals surface area contributed by atoms with Crippen molar-refractivity contribution in [2.24, 2.45) is 0 Å². The van der Waals surface area contributed by atoms with Gasteiger partial charge in [0.05, 0.1) is 23.1 Å². The van der Waals surface area contributed by atoms with Crippen molar-refractivity contribution >= 4 is 10.0 Å². The highest BCUT2D eigenvalue weighted by Gasteiger charge is 2.35. The number of hydrogen-bond acceptors (Lipinski definition) is 4. The predicted molar refractivity (Wildman–Crippen MR) is 69.9 cm³/mol. The summed E-state index contributed by atoms with van der Waals surface area (Å²) in [7, 11) is -1.92. The molecule has 1 atom stereocenters. The van der Waals surface area contributed by atoms with Crippen LogP contribution in [0.2, 0.25) is 0 Å². The van der Waals surface area contributed by atoms with Crippen LogP contribution in [0, 0.1) is 11.3 Å². The van der Waals surface area contributed by atoms with E-state index in [9.17, 15) is 8.42 Å². The van der Waals surface area contributed by atoms with Gasteiger partial charge in [-0.25, -0.2) is 8.42 Å². The molecule has 1 unspecified atom stereocenters. The molecule has 19 heavy (non-hydrogen) atoms. The van der Waals surface area contributed by atoms with Gasteiger partial charge in [0.2, 0.25) is 10.0 Å². The minimum Gasteiger partial charge on any atom is -0.383 e. The Morgan fingerprint density at radius 2 is 2.11 bits per heavy atom. The molecule has 0 aromatic heterocycles. The van der Waals surface area contributed by atoms with E-state index in [1.807, 2.05) is 6.07 Å². The highest BCUT2D eigenvalue weighted by atomic mass is 32.2. The van der Waals surface area contributed by atoms with E-state index in [0.717, 1.165) is 12.8 Å². The first-order valence-corrected chi connectivity index (χ1v) is 7.54. The van der Waals surface area contributed by atoms with Crippen molar-refractivity contribution in [2.45, 2.75) is 23.8 Å². The molecule has 102 valence electrons. The Bertz CT molecular complexity index is 575. The summed E-state index contributed by atoms with van der Waals surface area (Å²) >= 11 is 0. The molecule has 1 heterocycles. The van der Waals surface area contributed by atoms with Crippen LogP contribution in [0.3, 0.4) is 0 Å². The fraction of sp³-hybridized carbons (Fsp3) is 0.462. The van der Waals surface area contributed by atoms with E-state index in [-0.39, 0.29) is 10.9 Å². The molecule has 2 rings (SSSR count). The average molecular weight is 280 g/mol. The Morgan fingerprint density at radius 1 is 1.42 bits per heavy atom. The second-order valence-electron chi connectivity index (χ2n) is 4.50. The molecule has 1 aromatic rings. The van der Waals surface area contributed by atoms with Crippen molar-refractivity contribution in [1.82, 2.24) is 4.31 Å². The summed E-state index contributed by atoms with van der Waals surface area (Å²) in [6.07, 6.45) is 1.67. The second-order valence-corrected chi connectivity index (χ2v) is 6.39. The molecule has 0 aliphatic carbocycles. The monoisotopic (exact) mass is 280 g/mol. The smallest absolute Gasteiger partial charge is 0.243 e. The third-order valence-corrected chi connectivity index (χ3v) is 5.24. The second kappa shape index (κ2) is 5.70. The fourth-order valence-electron chi connectivity index (χ4n) is 2.32. The minimum atomic E-state index is -3.49.